The van der Waals surface area contributed by atoms with Gasteiger partial charge in [0.15, 0.2) is 0 Å². The van der Waals surface area contributed by atoms with Crippen LogP contribution in [0.3, 0.4) is 0 Å². The molecule has 1 aromatic heterocycles. The topological polar surface area (TPSA) is 34.1 Å². The van der Waals surface area contributed by atoms with Crippen molar-refractivity contribution < 1.29 is 4.74 Å². The zero-order valence-electron chi connectivity index (χ0n) is 12.1. The van der Waals surface area contributed by atoms with Gasteiger partial charge in [0.05, 0.1) is 6.61 Å². The molecule has 0 radical (unpaired) electrons. The van der Waals surface area contributed by atoms with Crippen LogP contribution in [0.1, 0.15) is 44.9 Å². The van der Waals surface area contributed by atoms with Crippen molar-refractivity contribution in [2.45, 2.75) is 47.1 Å². The first-order valence-corrected chi connectivity index (χ1v) is 6.93. The molecule has 1 heterocycles. The van der Waals surface area contributed by atoms with Crippen LogP contribution in [-0.2, 0) is 6.54 Å². The van der Waals surface area contributed by atoms with E-state index in [2.05, 4.69) is 37.1 Å². The van der Waals surface area contributed by atoms with Crippen molar-refractivity contribution in [2.75, 3.05) is 13.2 Å². The van der Waals surface area contributed by atoms with Crippen molar-refractivity contribution in [1.29, 1.82) is 0 Å². The van der Waals surface area contributed by atoms with Crippen LogP contribution in [0.25, 0.3) is 0 Å². The largest absolute Gasteiger partial charge is 0.478 e. The summed E-state index contributed by atoms with van der Waals surface area (Å²) in [5, 5.41) is 3.39. The van der Waals surface area contributed by atoms with Crippen LogP contribution >= 0.6 is 0 Å². The Kier molecular flexibility index (Phi) is 6.73. The molecular formula is C15H26N2O. The van der Waals surface area contributed by atoms with Crippen LogP contribution in [0.5, 0.6) is 5.88 Å². The van der Waals surface area contributed by atoms with Crippen LogP contribution in [-0.4, -0.2) is 18.1 Å². The fourth-order valence-corrected chi connectivity index (χ4v) is 1.63. The lowest BCUT2D eigenvalue weighted by molar-refractivity contribution is 0.279. The molecule has 0 aliphatic rings. The molecule has 0 amide bonds. The van der Waals surface area contributed by atoms with Gasteiger partial charge in [-0.05, 0) is 37.8 Å². The Morgan fingerprint density at radius 2 is 2.11 bits per heavy atom. The van der Waals surface area contributed by atoms with Crippen molar-refractivity contribution in [3.8, 4) is 5.88 Å². The van der Waals surface area contributed by atoms with E-state index in [-0.39, 0.29) is 0 Å². The first-order chi connectivity index (χ1) is 8.63. The minimum Gasteiger partial charge on any atom is -0.478 e. The summed E-state index contributed by atoms with van der Waals surface area (Å²) >= 11 is 0. The predicted octanol–water partition coefficient (Wildman–Crippen LogP) is 3.31. The van der Waals surface area contributed by atoms with Gasteiger partial charge in [0.1, 0.15) is 0 Å². The zero-order chi connectivity index (χ0) is 13.4. The number of hydrogen-bond donors (Lipinski definition) is 1. The molecule has 102 valence electrons. The van der Waals surface area contributed by atoms with Crippen molar-refractivity contribution in [1.82, 2.24) is 10.3 Å². The van der Waals surface area contributed by atoms with Crippen molar-refractivity contribution in [3.63, 3.8) is 0 Å². The second-order valence-corrected chi connectivity index (χ2v) is 5.10. The highest BCUT2D eigenvalue weighted by Crippen LogP contribution is 2.13. The van der Waals surface area contributed by atoms with E-state index < -0.39 is 0 Å². The molecule has 0 unspecified atom stereocenters. The zero-order valence-corrected chi connectivity index (χ0v) is 12.1. The summed E-state index contributed by atoms with van der Waals surface area (Å²) in [5.41, 5.74) is 2.31. The first kappa shape index (κ1) is 15.0. The van der Waals surface area contributed by atoms with Gasteiger partial charge in [-0.2, -0.15) is 0 Å². The molecule has 0 saturated heterocycles. The Morgan fingerprint density at radius 3 is 2.72 bits per heavy atom. The molecule has 18 heavy (non-hydrogen) atoms. The Balaban J connectivity index is 2.45. The number of rotatable bonds is 8. The van der Waals surface area contributed by atoms with Gasteiger partial charge in [0, 0.05) is 18.3 Å². The van der Waals surface area contributed by atoms with Crippen LogP contribution in [0, 0.1) is 12.8 Å². The Labute approximate surface area is 111 Å². The molecule has 0 fully saturated rings. The fourth-order valence-electron chi connectivity index (χ4n) is 1.63. The summed E-state index contributed by atoms with van der Waals surface area (Å²) < 4.78 is 5.65. The van der Waals surface area contributed by atoms with Gasteiger partial charge in [0.25, 0.3) is 0 Å². The maximum atomic E-state index is 5.65. The molecule has 0 saturated carbocycles. The van der Waals surface area contributed by atoms with Crippen molar-refractivity contribution >= 4 is 0 Å². The summed E-state index contributed by atoms with van der Waals surface area (Å²) in [6.45, 7) is 11.3. The molecule has 0 spiro atoms. The van der Waals surface area contributed by atoms with E-state index in [1.54, 1.807) is 0 Å². The molecule has 1 aromatic rings. The third-order valence-corrected chi connectivity index (χ3v) is 2.86. The highest BCUT2D eigenvalue weighted by molar-refractivity contribution is 5.24. The van der Waals surface area contributed by atoms with Crippen LogP contribution < -0.4 is 10.1 Å². The predicted molar refractivity (Wildman–Crippen MR) is 75.9 cm³/mol. The second-order valence-electron chi connectivity index (χ2n) is 5.10. The van der Waals surface area contributed by atoms with E-state index >= 15 is 0 Å². The van der Waals surface area contributed by atoms with E-state index in [9.17, 15) is 0 Å². The summed E-state index contributed by atoms with van der Waals surface area (Å²) in [4.78, 5) is 4.49. The number of aromatic nitrogens is 1. The number of aryl methyl sites for hydroxylation is 1. The van der Waals surface area contributed by atoms with Gasteiger partial charge >= 0.3 is 0 Å². The third kappa shape index (κ3) is 5.50. The highest BCUT2D eigenvalue weighted by atomic mass is 16.5. The van der Waals surface area contributed by atoms with Crippen LogP contribution in [0.4, 0.5) is 0 Å². The Hall–Kier alpha value is -1.09. The number of nitrogens with zero attached hydrogens (tertiary/aromatic N) is 1. The molecule has 0 aromatic carbocycles. The number of ether oxygens (including phenoxy) is 1. The van der Waals surface area contributed by atoms with Crippen molar-refractivity contribution in [3.05, 3.63) is 23.4 Å². The Bertz CT molecular complexity index is 350. The molecule has 0 bridgehead atoms. The lowest BCUT2D eigenvalue weighted by Crippen LogP contribution is -2.15. The average Bonchev–Trinajstić information content (AvgIpc) is 2.31. The van der Waals surface area contributed by atoms with E-state index in [1.807, 2.05) is 13.0 Å². The standard InChI is InChI=1S/C15H26N2O/c1-5-9-16-11-14-6-7-15(17-13(14)4)18-10-8-12(2)3/h6-7,12,16H,5,8-11H2,1-4H3. The minimum absolute atomic E-state index is 0.670. The molecule has 0 aliphatic heterocycles. The molecule has 0 aliphatic carbocycles. The van der Waals surface area contributed by atoms with E-state index in [0.717, 1.165) is 44.1 Å². The SMILES string of the molecule is CCCNCc1ccc(OCCC(C)C)nc1C. The first-order valence-electron chi connectivity index (χ1n) is 6.93. The van der Waals surface area contributed by atoms with Gasteiger partial charge in [0.2, 0.25) is 5.88 Å². The molecule has 0 atom stereocenters. The number of hydrogen-bond acceptors (Lipinski definition) is 3. The Morgan fingerprint density at radius 1 is 1.33 bits per heavy atom. The molecular weight excluding hydrogens is 224 g/mol. The van der Waals surface area contributed by atoms with Gasteiger partial charge in [-0.3, -0.25) is 0 Å². The minimum atomic E-state index is 0.670. The quantitative estimate of drug-likeness (QED) is 0.719. The molecule has 1 N–H and O–H groups in total. The summed E-state index contributed by atoms with van der Waals surface area (Å²) in [7, 11) is 0. The van der Waals surface area contributed by atoms with E-state index in [1.165, 1.54) is 5.56 Å². The van der Waals surface area contributed by atoms with Gasteiger partial charge in [-0.25, -0.2) is 4.98 Å². The average molecular weight is 250 g/mol. The summed E-state index contributed by atoms with van der Waals surface area (Å²) in [5.74, 6) is 1.41. The number of nitrogens with one attached hydrogen (secondary N) is 1. The fraction of sp³-hybridized carbons (Fsp3) is 0.667. The van der Waals surface area contributed by atoms with E-state index in [0.29, 0.717) is 5.92 Å². The monoisotopic (exact) mass is 250 g/mol. The normalized spacial score (nSPS) is 10.9. The lowest BCUT2D eigenvalue weighted by atomic mass is 10.1. The van der Waals surface area contributed by atoms with E-state index in [4.69, 9.17) is 4.74 Å². The van der Waals surface area contributed by atoms with Gasteiger partial charge < -0.3 is 10.1 Å². The van der Waals surface area contributed by atoms with Gasteiger partial charge in [-0.15, -0.1) is 0 Å². The number of pyridine rings is 1. The molecule has 3 heteroatoms. The molecule has 1 rings (SSSR count). The molecule has 3 nitrogen and oxygen atoms in total. The van der Waals surface area contributed by atoms with Gasteiger partial charge in [-0.1, -0.05) is 26.8 Å². The summed E-state index contributed by atoms with van der Waals surface area (Å²) in [6, 6.07) is 4.08. The third-order valence-electron chi connectivity index (χ3n) is 2.86. The van der Waals surface area contributed by atoms with Crippen LogP contribution in [0.15, 0.2) is 12.1 Å². The van der Waals surface area contributed by atoms with Crippen LogP contribution in [0.2, 0.25) is 0 Å². The second kappa shape index (κ2) is 8.09. The maximum Gasteiger partial charge on any atom is 0.213 e. The highest BCUT2D eigenvalue weighted by Gasteiger charge is 2.03. The smallest absolute Gasteiger partial charge is 0.213 e. The summed E-state index contributed by atoms with van der Waals surface area (Å²) in [6.07, 6.45) is 2.23. The van der Waals surface area contributed by atoms with Crippen molar-refractivity contribution in [2.24, 2.45) is 5.92 Å². The lowest BCUT2D eigenvalue weighted by Gasteiger charge is -2.10. The maximum absolute atomic E-state index is 5.65.